The highest BCUT2D eigenvalue weighted by atomic mass is 19.1. The van der Waals surface area contributed by atoms with E-state index in [4.69, 9.17) is 9.47 Å². The van der Waals surface area contributed by atoms with Gasteiger partial charge in [0.1, 0.15) is 17.3 Å². The first-order chi connectivity index (χ1) is 12.8. The Morgan fingerprint density at radius 2 is 1.93 bits per heavy atom. The van der Waals surface area contributed by atoms with Gasteiger partial charge in [-0.1, -0.05) is 12.1 Å². The monoisotopic (exact) mass is 374 g/mol. The van der Waals surface area contributed by atoms with Crippen molar-refractivity contribution in [2.75, 3.05) is 33.1 Å². The average Bonchev–Trinajstić information content (AvgIpc) is 2.67. The van der Waals surface area contributed by atoms with E-state index in [0.29, 0.717) is 24.2 Å². The van der Waals surface area contributed by atoms with Crippen LogP contribution in [-0.4, -0.2) is 38.6 Å². The standard InChI is InChI=1S/C21H27FN2O3/c1-14-6-7-16(12-19(14)22)23-21(25)10-11-24(3)15(2)18-9-8-17(26-4)13-20(18)27-5/h6-9,12-13,15H,10-11H2,1-5H3,(H,23,25)/t15-/m1/s1. The van der Waals surface area contributed by atoms with E-state index in [9.17, 15) is 9.18 Å². The number of ether oxygens (including phenoxy) is 2. The molecule has 0 aliphatic carbocycles. The highest BCUT2D eigenvalue weighted by molar-refractivity contribution is 5.90. The molecule has 146 valence electrons. The Kier molecular flexibility index (Phi) is 7.19. The summed E-state index contributed by atoms with van der Waals surface area (Å²) in [5.74, 6) is 0.993. The van der Waals surface area contributed by atoms with Crippen LogP contribution < -0.4 is 14.8 Å². The van der Waals surface area contributed by atoms with Crippen molar-refractivity contribution in [3.8, 4) is 11.5 Å². The van der Waals surface area contributed by atoms with Gasteiger partial charge in [-0.2, -0.15) is 0 Å². The lowest BCUT2D eigenvalue weighted by molar-refractivity contribution is -0.116. The summed E-state index contributed by atoms with van der Waals surface area (Å²) in [6, 6.07) is 10.4. The van der Waals surface area contributed by atoms with Gasteiger partial charge in [-0.3, -0.25) is 9.69 Å². The Labute approximate surface area is 160 Å². The van der Waals surface area contributed by atoms with E-state index in [1.807, 2.05) is 25.2 Å². The van der Waals surface area contributed by atoms with Crippen LogP contribution in [0.15, 0.2) is 36.4 Å². The Morgan fingerprint density at radius 3 is 2.56 bits per heavy atom. The maximum Gasteiger partial charge on any atom is 0.225 e. The van der Waals surface area contributed by atoms with Crippen LogP contribution in [-0.2, 0) is 4.79 Å². The van der Waals surface area contributed by atoms with Crippen LogP contribution in [0.5, 0.6) is 11.5 Å². The number of rotatable bonds is 8. The minimum atomic E-state index is -0.329. The number of carbonyl (C=O) groups is 1. The quantitative estimate of drug-likeness (QED) is 0.753. The molecule has 0 saturated heterocycles. The molecule has 0 unspecified atom stereocenters. The van der Waals surface area contributed by atoms with Crippen molar-refractivity contribution in [2.24, 2.45) is 0 Å². The number of benzene rings is 2. The van der Waals surface area contributed by atoms with Crippen LogP contribution in [0.1, 0.15) is 30.5 Å². The van der Waals surface area contributed by atoms with Gasteiger partial charge >= 0.3 is 0 Å². The predicted octanol–water partition coefficient (Wildman–Crippen LogP) is 4.17. The number of aryl methyl sites for hydroxylation is 1. The molecule has 0 fully saturated rings. The number of nitrogens with one attached hydrogen (secondary N) is 1. The average molecular weight is 374 g/mol. The topological polar surface area (TPSA) is 50.8 Å². The number of methoxy groups -OCH3 is 2. The summed E-state index contributed by atoms with van der Waals surface area (Å²) in [5.41, 5.74) is 2.03. The minimum Gasteiger partial charge on any atom is -0.497 e. The van der Waals surface area contributed by atoms with Crippen molar-refractivity contribution in [2.45, 2.75) is 26.3 Å². The molecule has 5 nitrogen and oxygen atoms in total. The van der Waals surface area contributed by atoms with E-state index in [1.54, 1.807) is 33.3 Å². The highest BCUT2D eigenvalue weighted by Crippen LogP contribution is 2.31. The number of halogens is 1. The molecule has 1 amide bonds. The second-order valence-electron chi connectivity index (χ2n) is 6.53. The molecule has 2 aromatic carbocycles. The maximum atomic E-state index is 13.6. The Morgan fingerprint density at radius 1 is 1.19 bits per heavy atom. The van der Waals surface area contributed by atoms with Gasteiger partial charge < -0.3 is 14.8 Å². The summed E-state index contributed by atoms with van der Waals surface area (Å²) in [5, 5.41) is 2.73. The van der Waals surface area contributed by atoms with Gasteiger partial charge in [-0.25, -0.2) is 4.39 Å². The molecule has 0 saturated carbocycles. The molecular weight excluding hydrogens is 347 g/mol. The smallest absolute Gasteiger partial charge is 0.225 e. The molecule has 0 bridgehead atoms. The maximum absolute atomic E-state index is 13.6. The lowest BCUT2D eigenvalue weighted by atomic mass is 10.1. The lowest BCUT2D eigenvalue weighted by Gasteiger charge is -2.26. The van der Waals surface area contributed by atoms with Gasteiger partial charge in [0.2, 0.25) is 5.91 Å². The Balaban J connectivity index is 1.95. The zero-order valence-electron chi connectivity index (χ0n) is 16.5. The van der Waals surface area contributed by atoms with Crippen molar-refractivity contribution < 1.29 is 18.7 Å². The Hall–Kier alpha value is -2.60. The fourth-order valence-corrected chi connectivity index (χ4v) is 2.77. The van der Waals surface area contributed by atoms with Crippen LogP contribution in [0.2, 0.25) is 0 Å². The van der Waals surface area contributed by atoms with Crippen LogP contribution in [0.4, 0.5) is 10.1 Å². The third-order valence-electron chi connectivity index (χ3n) is 4.70. The van der Waals surface area contributed by atoms with E-state index >= 15 is 0 Å². The number of carbonyl (C=O) groups excluding carboxylic acids is 1. The van der Waals surface area contributed by atoms with E-state index in [1.165, 1.54) is 6.07 Å². The molecule has 6 heteroatoms. The number of hydrogen-bond acceptors (Lipinski definition) is 4. The fraction of sp³-hybridized carbons (Fsp3) is 0.381. The zero-order valence-corrected chi connectivity index (χ0v) is 16.5. The van der Waals surface area contributed by atoms with E-state index in [2.05, 4.69) is 17.1 Å². The van der Waals surface area contributed by atoms with Gasteiger partial charge in [0.15, 0.2) is 0 Å². The number of amides is 1. The predicted molar refractivity (Wildman–Crippen MR) is 105 cm³/mol. The second kappa shape index (κ2) is 9.37. The fourth-order valence-electron chi connectivity index (χ4n) is 2.77. The van der Waals surface area contributed by atoms with Crippen LogP contribution in [0.3, 0.4) is 0 Å². The number of nitrogens with zero attached hydrogens (tertiary/aromatic N) is 1. The molecule has 0 aliphatic heterocycles. The molecule has 0 heterocycles. The normalized spacial score (nSPS) is 12.0. The van der Waals surface area contributed by atoms with Crippen molar-refractivity contribution >= 4 is 11.6 Å². The lowest BCUT2D eigenvalue weighted by Crippen LogP contribution is -2.27. The molecule has 0 aromatic heterocycles. The Bertz CT molecular complexity index is 795. The molecule has 2 aromatic rings. The molecule has 0 aliphatic rings. The first-order valence-electron chi connectivity index (χ1n) is 8.84. The molecular formula is C21H27FN2O3. The van der Waals surface area contributed by atoms with Crippen LogP contribution >= 0.6 is 0 Å². The second-order valence-corrected chi connectivity index (χ2v) is 6.53. The number of hydrogen-bond donors (Lipinski definition) is 1. The summed E-state index contributed by atoms with van der Waals surface area (Å²) in [6.45, 7) is 4.29. The zero-order chi connectivity index (χ0) is 20.0. The molecule has 2 rings (SSSR count). The van der Waals surface area contributed by atoms with Gasteiger partial charge in [0.05, 0.1) is 14.2 Å². The SMILES string of the molecule is COc1ccc([C@@H](C)N(C)CCC(=O)Nc2ccc(C)c(F)c2)c(OC)c1. The molecule has 0 spiro atoms. The van der Waals surface area contributed by atoms with Crippen molar-refractivity contribution in [1.82, 2.24) is 4.90 Å². The molecule has 0 radical (unpaired) electrons. The van der Waals surface area contributed by atoms with Crippen LogP contribution in [0.25, 0.3) is 0 Å². The van der Waals surface area contributed by atoms with Crippen molar-refractivity contribution in [3.63, 3.8) is 0 Å². The highest BCUT2D eigenvalue weighted by Gasteiger charge is 2.17. The first kappa shape index (κ1) is 20.7. The third-order valence-corrected chi connectivity index (χ3v) is 4.70. The summed E-state index contributed by atoms with van der Waals surface area (Å²) < 4.78 is 24.3. The summed E-state index contributed by atoms with van der Waals surface area (Å²) in [4.78, 5) is 14.2. The molecule has 27 heavy (non-hydrogen) atoms. The summed E-state index contributed by atoms with van der Waals surface area (Å²) in [6.07, 6.45) is 0.300. The van der Waals surface area contributed by atoms with E-state index < -0.39 is 0 Å². The van der Waals surface area contributed by atoms with E-state index in [-0.39, 0.29) is 17.8 Å². The largest absolute Gasteiger partial charge is 0.497 e. The van der Waals surface area contributed by atoms with Crippen molar-refractivity contribution in [1.29, 1.82) is 0 Å². The molecule has 1 N–H and O–H groups in total. The molecule has 1 atom stereocenters. The summed E-state index contributed by atoms with van der Waals surface area (Å²) >= 11 is 0. The van der Waals surface area contributed by atoms with E-state index in [0.717, 1.165) is 17.1 Å². The van der Waals surface area contributed by atoms with Gasteiger partial charge in [0, 0.05) is 36.3 Å². The number of anilines is 1. The van der Waals surface area contributed by atoms with Crippen LogP contribution in [0, 0.1) is 12.7 Å². The summed E-state index contributed by atoms with van der Waals surface area (Å²) in [7, 11) is 5.19. The first-order valence-corrected chi connectivity index (χ1v) is 8.84. The van der Waals surface area contributed by atoms with Crippen molar-refractivity contribution in [3.05, 3.63) is 53.3 Å². The van der Waals surface area contributed by atoms with Gasteiger partial charge in [-0.15, -0.1) is 0 Å². The van der Waals surface area contributed by atoms with Gasteiger partial charge in [0.25, 0.3) is 0 Å². The minimum absolute atomic E-state index is 0.0514. The van der Waals surface area contributed by atoms with Gasteiger partial charge in [-0.05, 0) is 44.7 Å². The third kappa shape index (κ3) is 5.44.